The molecule has 0 aliphatic heterocycles. The average molecular weight is 123 g/mol. The van der Waals surface area contributed by atoms with Gasteiger partial charge in [-0.05, 0) is 19.3 Å². The van der Waals surface area contributed by atoms with Crippen LogP contribution in [0.3, 0.4) is 0 Å². The summed E-state index contributed by atoms with van der Waals surface area (Å²) in [6.45, 7) is 0. The summed E-state index contributed by atoms with van der Waals surface area (Å²) in [5.74, 6) is 0. The van der Waals surface area contributed by atoms with Crippen molar-refractivity contribution in [2.24, 2.45) is 0 Å². The Balaban J connectivity index is 2.33. The van der Waals surface area contributed by atoms with Gasteiger partial charge in [-0.25, -0.2) is 4.39 Å². The van der Waals surface area contributed by atoms with E-state index in [1.807, 2.05) is 0 Å². The van der Waals surface area contributed by atoms with Crippen LogP contribution in [-0.2, 0) is 0 Å². The van der Waals surface area contributed by atoms with E-state index in [-0.39, 0.29) is 5.38 Å². The van der Waals surface area contributed by atoms with E-state index in [4.69, 9.17) is 11.6 Å². The molecule has 1 rings (SSSR count). The van der Waals surface area contributed by atoms with Crippen molar-refractivity contribution in [1.29, 1.82) is 0 Å². The maximum absolute atomic E-state index is 12.2. The van der Waals surface area contributed by atoms with E-state index in [0.717, 1.165) is 12.8 Å². The molecule has 0 aromatic carbocycles. The van der Waals surface area contributed by atoms with Crippen LogP contribution in [0.5, 0.6) is 0 Å². The van der Waals surface area contributed by atoms with E-state index in [1.165, 1.54) is 0 Å². The van der Waals surface area contributed by atoms with Gasteiger partial charge < -0.3 is 0 Å². The van der Waals surface area contributed by atoms with E-state index < -0.39 is 6.17 Å². The van der Waals surface area contributed by atoms with E-state index in [1.54, 1.807) is 0 Å². The summed E-state index contributed by atoms with van der Waals surface area (Å²) in [5.41, 5.74) is 0. The van der Waals surface area contributed by atoms with Crippen LogP contribution in [0.25, 0.3) is 0 Å². The molecule has 0 saturated heterocycles. The van der Waals surface area contributed by atoms with Crippen LogP contribution >= 0.6 is 11.6 Å². The highest BCUT2D eigenvalue weighted by molar-refractivity contribution is 6.21. The predicted molar refractivity (Wildman–Crippen MR) is 28.4 cm³/mol. The Bertz CT molecular complexity index is 57.1. The quantitative estimate of drug-likeness (QED) is 0.432. The first kappa shape index (κ1) is 5.36. The maximum Gasteiger partial charge on any atom is 0.116 e. The van der Waals surface area contributed by atoms with Gasteiger partial charge >= 0.3 is 0 Å². The van der Waals surface area contributed by atoms with Crippen molar-refractivity contribution in [1.82, 2.24) is 0 Å². The molecule has 1 fully saturated rings. The van der Waals surface area contributed by atoms with Crippen LogP contribution < -0.4 is 0 Å². The number of halogens is 2. The Hall–Kier alpha value is 0.220. The Kier molecular flexibility index (Phi) is 1.53. The molecule has 0 unspecified atom stereocenters. The Morgan fingerprint density at radius 3 is 2.29 bits per heavy atom. The summed E-state index contributed by atoms with van der Waals surface area (Å²) in [6.07, 6.45) is 1.79. The van der Waals surface area contributed by atoms with Crippen molar-refractivity contribution in [2.45, 2.75) is 30.8 Å². The van der Waals surface area contributed by atoms with E-state index in [9.17, 15) is 4.39 Å². The fourth-order valence-electron chi connectivity index (χ4n) is 0.870. The summed E-state index contributed by atoms with van der Waals surface area (Å²) >= 11 is 5.49. The number of alkyl halides is 2. The molecule has 0 bridgehead atoms. The molecule has 0 amide bonds. The monoisotopic (exact) mass is 122 g/mol. The van der Waals surface area contributed by atoms with Crippen LogP contribution in [0.1, 0.15) is 19.3 Å². The van der Waals surface area contributed by atoms with Gasteiger partial charge in [-0.1, -0.05) is 0 Å². The molecule has 0 radical (unpaired) electrons. The predicted octanol–water partition coefficient (Wildman–Crippen LogP) is 2.12. The summed E-state index contributed by atoms with van der Waals surface area (Å²) in [7, 11) is 0. The normalized spacial score (nSPS) is 42.0. The number of hydrogen-bond acceptors (Lipinski definition) is 0. The molecule has 1 aliphatic carbocycles. The fraction of sp³-hybridized carbons (Fsp3) is 1.00. The minimum Gasteiger partial charge on any atom is -0.246 e. The van der Waals surface area contributed by atoms with Crippen molar-refractivity contribution in [3.8, 4) is 0 Å². The standard InChI is InChI=1S/C5H8ClF/c6-4-2-1-3-5(4)7/h4-5H,1-3H2/t4-,5+/m0/s1. The lowest BCUT2D eigenvalue weighted by molar-refractivity contribution is 0.347. The third kappa shape index (κ3) is 1.06. The molecule has 0 aromatic rings. The molecule has 2 heteroatoms. The summed E-state index contributed by atoms with van der Waals surface area (Å²) < 4.78 is 12.2. The van der Waals surface area contributed by atoms with Gasteiger partial charge in [0.15, 0.2) is 0 Å². The van der Waals surface area contributed by atoms with Crippen molar-refractivity contribution < 1.29 is 4.39 Å². The molecule has 1 saturated carbocycles. The first-order valence-corrected chi connectivity index (χ1v) is 3.02. The van der Waals surface area contributed by atoms with Crippen LogP contribution in [0, 0.1) is 0 Å². The highest BCUT2D eigenvalue weighted by atomic mass is 35.5. The second-order valence-corrected chi connectivity index (χ2v) is 2.52. The van der Waals surface area contributed by atoms with E-state index >= 15 is 0 Å². The van der Waals surface area contributed by atoms with Gasteiger partial charge in [0.1, 0.15) is 6.17 Å². The van der Waals surface area contributed by atoms with Gasteiger partial charge in [-0.3, -0.25) is 0 Å². The number of rotatable bonds is 0. The van der Waals surface area contributed by atoms with Crippen molar-refractivity contribution in [3.63, 3.8) is 0 Å². The molecule has 0 aromatic heterocycles. The lowest BCUT2D eigenvalue weighted by Crippen LogP contribution is -2.05. The largest absolute Gasteiger partial charge is 0.246 e. The van der Waals surface area contributed by atoms with Gasteiger partial charge in [-0.15, -0.1) is 11.6 Å². The minimum absolute atomic E-state index is 0.181. The molecular weight excluding hydrogens is 115 g/mol. The first-order valence-electron chi connectivity index (χ1n) is 2.59. The van der Waals surface area contributed by atoms with Crippen LogP contribution in [0.4, 0.5) is 4.39 Å². The fourth-order valence-corrected chi connectivity index (χ4v) is 1.15. The average Bonchev–Trinajstić information content (AvgIpc) is 1.91. The molecule has 42 valence electrons. The van der Waals surface area contributed by atoms with Gasteiger partial charge in [0, 0.05) is 0 Å². The second-order valence-electron chi connectivity index (χ2n) is 1.96. The molecule has 0 nitrogen and oxygen atoms in total. The van der Waals surface area contributed by atoms with Gasteiger partial charge in [-0.2, -0.15) is 0 Å². The minimum atomic E-state index is -0.721. The molecule has 0 N–H and O–H groups in total. The smallest absolute Gasteiger partial charge is 0.116 e. The topological polar surface area (TPSA) is 0 Å². The Labute approximate surface area is 47.7 Å². The van der Waals surface area contributed by atoms with Gasteiger partial charge in [0.2, 0.25) is 0 Å². The summed E-state index contributed by atoms with van der Waals surface area (Å²) in [6, 6.07) is 0. The molecule has 1 aliphatic rings. The zero-order valence-corrected chi connectivity index (χ0v) is 4.79. The molecule has 2 atom stereocenters. The van der Waals surface area contributed by atoms with Gasteiger partial charge in [0.25, 0.3) is 0 Å². The third-order valence-electron chi connectivity index (χ3n) is 1.35. The van der Waals surface area contributed by atoms with Crippen LogP contribution in [-0.4, -0.2) is 11.5 Å². The first-order chi connectivity index (χ1) is 3.30. The molecule has 0 heterocycles. The Morgan fingerprint density at radius 2 is 2.14 bits per heavy atom. The van der Waals surface area contributed by atoms with Crippen molar-refractivity contribution in [2.75, 3.05) is 0 Å². The van der Waals surface area contributed by atoms with E-state index in [2.05, 4.69) is 0 Å². The van der Waals surface area contributed by atoms with Crippen molar-refractivity contribution in [3.05, 3.63) is 0 Å². The Morgan fingerprint density at radius 1 is 1.43 bits per heavy atom. The second kappa shape index (κ2) is 1.99. The highest BCUT2D eigenvalue weighted by Crippen LogP contribution is 2.26. The van der Waals surface area contributed by atoms with Crippen LogP contribution in [0.2, 0.25) is 0 Å². The molecular formula is C5H8ClF. The highest BCUT2D eigenvalue weighted by Gasteiger charge is 2.23. The molecule has 7 heavy (non-hydrogen) atoms. The maximum atomic E-state index is 12.2. The zero-order chi connectivity index (χ0) is 5.28. The van der Waals surface area contributed by atoms with Gasteiger partial charge in [0.05, 0.1) is 5.38 Å². The summed E-state index contributed by atoms with van der Waals surface area (Å²) in [4.78, 5) is 0. The summed E-state index contributed by atoms with van der Waals surface area (Å²) in [5, 5.41) is -0.181. The van der Waals surface area contributed by atoms with E-state index in [0.29, 0.717) is 6.42 Å². The third-order valence-corrected chi connectivity index (χ3v) is 1.84. The zero-order valence-electron chi connectivity index (χ0n) is 4.03. The number of hydrogen-bond donors (Lipinski definition) is 0. The van der Waals surface area contributed by atoms with Crippen molar-refractivity contribution >= 4 is 11.6 Å². The lowest BCUT2D eigenvalue weighted by Gasteiger charge is -1.98. The lowest BCUT2D eigenvalue weighted by atomic mass is 10.3. The molecule has 0 spiro atoms. The SMILES string of the molecule is F[C@@H]1CCC[C@@H]1Cl. The van der Waals surface area contributed by atoms with Crippen LogP contribution in [0.15, 0.2) is 0 Å².